The molecule has 0 amide bonds. The third-order valence-electron chi connectivity index (χ3n) is 1.24. The van der Waals surface area contributed by atoms with Crippen molar-refractivity contribution in [1.82, 2.24) is 0 Å². The van der Waals surface area contributed by atoms with Gasteiger partial charge in [-0.25, -0.2) is 0 Å². The van der Waals surface area contributed by atoms with Gasteiger partial charge in [0.1, 0.15) is 0 Å². The summed E-state index contributed by atoms with van der Waals surface area (Å²) >= 11 is 7.27. The van der Waals surface area contributed by atoms with Crippen LogP contribution in [0, 0.1) is 5.82 Å². The predicted octanol–water partition coefficient (Wildman–Crippen LogP) is 1.61. The Kier molecular flexibility index (Phi) is 2.76. The third kappa shape index (κ3) is 1.74. The van der Waals surface area contributed by atoms with E-state index in [2.05, 4.69) is 0 Å². The number of hydrogen-bond donors (Lipinski definition) is 0. The van der Waals surface area contributed by atoms with E-state index in [9.17, 15) is 4.39 Å². The van der Waals surface area contributed by atoms with Gasteiger partial charge in [0.2, 0.25) is 0 Å². The first-order valence-electron chi connectivity index (χ1n) is 2.88. The zero-order valence-electron chi connectivity index (χ0n) is 5.27. The Morgan fingerprint density at radius 1 is 1.50 bits per heavy atom. The first-order chi connectivity index (χ1) is 4.74. The molecule has 1 rings (SSSR count). The number of rotatable bonds is 1. The molecule has 1 unspecified atom stereocenters. The first-order valence-corrected chi connectivity index (χ1v) is 4.97. The maximum atomic E-state index is 12.4. The van der Waals surface area contributed by atoms with E-state index in [1.54, 1.807) is 22.9 Å². The average Bonchev–Trinajstić information content (AvgIpc) is 1.88. The van der Waals surface area contributed by atoms with Crippen LogP contribution in [-0.2, 0) is 5.21 Å². The Labute approximate surface area is 72.9 Å². The van der Waals surface area contributed by atoms with Crippen molar-refractivity contribution < 1.29 is 4.39 Å². The summed E-state index contributed by atoms with van der Waals surface area (Å²) in [5.41, 5.74) is 1.02. The van der Waals surface area contributed by atoms with Crippen molar-refractivity contribution in [2.24, 2.45) is 0 Å². The summed E-state index contributed by atoms with van der Waals surface area (Å²) in [6.45, 7) is 0. The van der Waals surface area contributed by atoms with Gasteiger partial charge in [-0.3, -0.25) is 0 Å². The fourth-order valence-electron chi connectivity index (χ4n) is 0.687. The molecule has 0 bridgehead atoms. The van der Waals surface area contributed by atoms with Crippen LogP contribution in [0.1, 0.15) is 5.56 Å². The third-order valence-corrected chi connectivity index (χ3v) is 2.51. The Bertz CT molecular complexity index is 237. The van der Waals surface area contributed by atoms with Gasteiger partial charge < -0.3 is 0 Å². The summed E-state index contributed by atoms with van der Waals surface area (Å²) in [4.78, 5) is 0. The van der Waals surface area contributed by atoms with E-state index in [-0.39, 0.29) is 5.82 Å². The van der Waals surface area contributed by atoms with Gasteiger partial charge in [-0.15, -0.1) is 0 Å². The molecular weight excluding hydrogens is 213 g/mol. The Hall–Kier alpha value is -0.00156. The van der Waals surface area contributed by atoms with E-state index in [0.717, 1.165) is 10.8 Å². The van der Waals surface area contributed by atoms with E-state index in [4.69, 9.17) is 11.6 Å². The van der Waals surface area contributed by atoms with Crippen LogP contribution in [-0.4, -0.2) is 16.9 Å². The molecule has 0 aliphatic carbocycles. The van der Waals surface area contributed by atoms with Crippen molar-refractivity contribution >= 4 is 28.5 Å². The van der Waals surface area contributed by atoms with Gasteiger partial charge in [-0.2, -0.15) is 0 Å². The molecule has 1 aromatic rings. The van der Waals surface area contributed by atoms with Crippen molar-refractivity contribution in [2.45, 2.75) is 5.21 Å². The number of halogens is 2. The second-order valence-electron chi connectivity index (χ2n) is 1.94. The Morgan fingerprint density at radius 2 is 2.20 bits per heavy atom. The Morgan fingerprint density at radius 3 is 2.70 bits per heavy atom. The predicted molar refractivity (Wildman–Crippen MR) is 43.7 cm³/mol. The molecule has 0 aliphatic heterocycles. The van der Waals surface area contributed by atoms with Crippen LogP contribution in [0.3, 0.4) is 0 Å². The molecule has 0 heterocycles. The van der Waals surface area contributed by atoms with E-state index >= 15 is 0 Å². The van der Waals surface area contributed by atoms with E-state index in [1.165, 1.54) is 12.1 Å². The molecule has 10 heavy (non-hydrogen) atoms. The SMILES string of the molecule is Fc1ccc(C[AsH2])c(Cl)c1. The summed E-state index contributed by atoms with van der Waals surface area (Å²) < 4.78 is 12.4. The average molecular weight is 221 g/mol. The van der Waals surface area contributed by atoms with Gasteiger partial charge in [0.15, 0.2) is 0 Å². The van der Waals surface area contributed by atoms with Crippen LogP contribution in [0.25, 0.3) is 0 Å². The second-order valence-corrected chi connectivity index (χ2v) is 3.20. The zero-order valence-corrected chi connectivity index (χ0v) is 8.45. The standard InChI is InChI=1S/C7H7AsClF/c8-4-5-1-2-6(10)3-7(5)9/h1-3H,4,8H2. The molecule has 0 aliphatic rings. The van der Waals surface area contributed by atoms with Crippen LogP contribution < -0.4 is 0 Å². The molecule has 0 nitrogen and oxygen atoms in total. The molecule has 0 aromatic heterocycles. The van der Waals surface area contributed by atoms with E-state index < -0.39 is 0 Å². The summed E-state index contributed by atoms with van der Waals surface area (Å²) in [5, 5.41) is 1.44. The van der Waals surface area contributed by atoms with Crippen LogP contribution in [0.15, 0.2) is 18.2 Å². The summed E-state index contributed by atoms with van der Waals surface area (Å²) in [6.07, 6.45) is 0. The van der Waals surface area contributed by atoms with Crippen LogP contribution in [0.2, 0.25) is 5.02 Å². The fourth-order valence-corrected chi connectivity index (χ4v) is 1.95. The normalized spacial score (nSPS) is 9.90. The van der Waals surface area contributed by atoms with Crippen LogP contribution >= 0.6 is 11.6 Å². The van der Waals surface area contributed by atoms with Crippen molar-refractivity contribution in [3.8, 4) is 0 Å². The molecule has 1 aromatic carbocycles. The van der Waals surface area contributed by atoms with Crippen LogP contribution in [0.5, 0.6) is 0 Å². The zero-order chi connectivity index (χ0) is 7.56. The molecule has 0 spiro atoms. The van der Waals surface area contributed by atoms with Gasteiger partial charge in [0, 0.05) is 0 Å². The van der Waals surface area contributed by atoms with Gasteiger partial charge >= 0.3 is 72.7 Å². The molecule has 0 saturated heterocycles. The fraction of sp³-hybridized carbons (Fsp3) is 0.143. The van der Waals surface area contributed by atoms with E-state index in [1.807, 2.05) is 0 Å². The molecule has 0 radical (unpaired) electrons. The topological polar surface area (TPSA) is 0 Å². The summed E-state index contributed by atoms with van der Waals surface area (Å²) in [5.74, 6) is -0.269. The molecule has 3 heteroatoms. The second kappa shape index (κ2) is 3.41. The summed E-state index contributed by atoms with van der Waals surface area (Å²) in [7, 11) is 0. The quantitative estimate of drug-likeness (QED) is 0.631. The van der Waals surface area contributed by atoms with Gasteiger partial charge in [-0.05, 0) is 0 Å². The minimum atomic E-state index is -0.269. The Balaban J connectivity index is 3.07. The molecular formula is C7H7AsClF. The monoisotopic (exact) mass is 220 g/mol. The minimum absolute atomic E-state index is 0.269. The van der Waals surface area contributed by atoms with Crippen molar-refractivity contribution in [2.75, 3.05) is 0 Å². The maximum absolute atomic E-state index is 12.4. The van der Waals surface area contributed by atoms with Crippen molar-refractivity contribution in [3.05, 3.63) is 34.6 Å². The van der Waals surface area contributed by atoms with Gasteiger partial charge in [-0.1, -0.05) is 0 Å². The van der Waals surface area contributed by atoms with Crippen LogP contribution in [0.4, 0.5) is 4.39 Å². The van der Waals surface area contributed by atoms with Crippen molar-refractivity contribution in [1.29, 1.82) is 0 Å². The van der Waals surface area contributed by atoms with Gasteiger partial charge in [0.25, 0.3) is 0 Å². The summed E-state index contributed by atoms with van der Waals surface area (Å²) in [6, 6.07) is 4.50. The van der Waals surface area contributed by atoms with Gasteiger partial charge in [0.05, 0.1) is 0 Å². The molecule has 0 N–H and O–H groups in total. The van der Waals surface area contributed by atoms with E-state index in [0.29, 0.717) is 5.02 Å². The number of hydrogen-bond acceptors (Lipinski definition) is 0. The molecule has 0 saturated carbocycles. The number of benzene rings is 1. The molecule has 1 atom stereocenters. The first kappa shape index (κ1) is 8.10. The molecule has 0 fully saturated rings. The molecule has 54 valence electrons. The van der Waals surface area contributed by atoms with Crippen molar-refractivity contribution in [3.63, 3.8) is 0 Å².